The molecule has 33 heavy (non-hydrogen) atoms. The Morgan fingerprint density at radius 3 is 2.48 bits per heavy atom. The molecule has 1 heterocycles. The van der Waals surface area contributed by atoms with Gasteiger partial charge in [-0.3, -0.25) is 4.79 Å². The predicted molar refractivity (Wildman–Crippen MR) is 124 cm³/mol. The van der Waals surface area contributed by atoms with Crippen molar-refractivity contribution in [3.8, 4) is 0 Å². The van der Waals surface area contributed by atoms with E-state index in [0.29, 0.717) is 30.9 Å². The summed E-state index contributed by atoms with van der Waals surface area (Å²) in [7, 11) is 0. The van der Waals surface area contributed by atoms with Gasteiger partial charge in [0.2, 0.25) is 0 Å². The number of halogens is 2. The Hall–Kier alpha value is -2.01. The number of aliphatic hydroxyl groups is 1. The number of allylic oxidation sites excluding steroid dienone is 4. The lowest BCUT2D eigenvalue weighted by Gasteiger charge is -2.52. The minimum absolute atomic E-state index is 0.161. The summed E-state index contributed by atoms with van der Waals surface area (Å²) in [4.78, 5) is 14.2. The van der Waals surface area contributed by atoms with E-state index < -0.39 is 17.7 Å². The molecule has 1 aliphatic heterocycles. The molecule has 3 nitrogen and oxygen atoms in total. The van der Waals surface area contributed by atoms with Crippen LogP contribution in [0.3, 0.4) is 0 Å². The van der Waals surface area contributed by atoms with Gasteiger partial charge in [-0.1, -0.05) is 12.5 Å². The number of aliphatic hydroxyl groups excluding tert-OH is 1. The fourth-order valence-corrected chi connectivity index (χ4v) is 7.95. The summed E-state index contributed by atoms with van der Waals surface area (Å²) >= 11 is 0. The molecule has 0 aromatic heterocycles. The Balaban J connectivity index is 1.51. The number of fused-ring (bicyclic) bond motifs is 4. The van der Waals surface area contributed by atoms with E-state index in [1.54, 1.807) is 6.08 Å². The van der Waals surface area contributed by atoms with Crippen LogP contribution < -0.4 is 4.90 Å². The monoisotopic (exact) mass is 453 g/mol. The number of carbonyl (C=O) groups is 1. The van der Waals surface area contributed by atoms with Crippen LogP contribution in [0.4, 0.5) is 14.5 Å². The minimum atomic E-state index is -0.466. The highest BCUT2D eigenvalue weighted by Gasteiger charge is 2.57. The van der Waals surface area contributed by atoms with Crippen molar-refractivity contribution in [3.63, 3.8) is 0 Å². The standard InChI is InChI=1S/C28H33F2NO2/c1-28-15-21(27-23(29)13-17(14-24(27)30)31-10-2-3-11-31)26-19-7-5-18(32)12-16(19)4-6-20(26)22(28)8-9-25(28)33/h12-14,20-22,25,33H,2-11,15H2,1H3. The Bertz CT molecular complexity index is 1050. The third-order valence-corrected chi connectivity index (χ3v) is 9.56. The summed E-state index contributed by atoms with van der Waals surface area (Å²) in [5.74, 6) is -0.599. The van der Waals surface area contributed by atoms with E-state index in [9.17, 15) is 9.90 Å². The average Bonchev–Trinajstić information content (AvgIpc) is 3.41. The molecule has 1 aromatic carbocycles. The zero-order valence-electron chi connectivity index (χ0n) is 19.4. The maximum Gasteiger partial charge on any atom is 0.156 e. The maximum atomic E-state index is 15.7. The van der Waals surface area contributed by atoms with Crippen molar-refractivity contribution in [1.82, 2.24) is 0 Å². The second-order valence-corrected chi connectivity index (χ2v) is 11.2. The Labute approximate surface area is 194 Å². The quantitative estimate of drug-likeness (QED) is 0.613. The van der Waals surface area contributed by atoms with E-state index in [1.807, 2.05) is 0 Å². The summed E-state index contributed by atoms with van der Waals surface area (Å²) in [6.07, 6.45) is 8.63. The van der Waals surface area contributed by atoms with Crippen molar-refractivity contribution in [3.05, 3.63) is 52.1 Å². The number of carbonyl (C=O) groups excluding carboxylic acids is 1. The third kappa shape index (κ3) is 3.25. The zero-order chi connectivity index (χ0) is 22.9. The highest BCUT2D eigenvalue weighted by molar-refractivity contribution is 5.93. The number of hydrogen-bond donors (Lipinski definition) is 1. The number of nitrogens with zero attached hydrogens (tertiary/aromatic N) is 1. The van der Waals surface area contributed by atoms with Gasteiger partial charge >= 0.3 is 0 Å². The first-order chi connectivity index (χ1) is 15.9. The molecule has 2 saturated carbocycles. The van der Waals surface area contributed by atoms with Gasteiger partial charge in [-0.2, -0.15) is 0 Å². The van der Waals surface area contributed by atoms with Crippen molar-refractivity contribution in [2.45, 2.75) is 76.7 Å². The van der Waals surface area contributed by atoms with Crippen LogP contribution >= 0.6 is 0 Å². The largest absolute Gasteiger partial charge is 0.393 e. The highest BCUT2D eigenvalue weighted by atomic mass is 19.1. The first-order valence-corrected chi connectivity index (χ1v) is 12.8. The molecule has 0 radical (unpaired) electrons. The fraction of sp³-hybridized carbons (Fsp3) is 0.607. The van der Waals surface area contributed by atoms with Gasteiger partial charge in [0.05, 0.1) is 6.10 Å². The van der Waals surface area contributed by atoms with Gasteiger partial charge in [0.1, 0.15) is 11.6 Å². The molecule has 4 aliphatic carbocycles. The number of rotatable bonds is 2. The highest BCUT2D eigenvalue weighted by Crippen LogP contribution is 2.64. The molecule has 6 rings (SSSR count). The molecule has 1 saturated heterocycles. The van der Waals surface area contributed by atoms with E-state index in [0.717, 1.165) is 57.2 Å². The molecular weight excluding hydrogens is 420 g/mol. The molecule has 0 spiro atoms. The second-order valence-electron chi connectivity index (χ2n) is 11.2. The number of benzene rings is 1. The summed E-state index contributed by atoms with van der Waals surface area (Å²) in [5.41, 5.74) is 3.90. The molecule has 5 heteroatoms. The van der Waals surface area contributed by atoms with Crippen LogP contribution in [-0.4, -0.2) is 30.1 Å². The molecule has 176 valence electrons. The van der Waals surface area contributed by atoms with Gasteiger partial charge in [0.15, 0.2) is 5.78 Å². The second kappa shape index (κ2) is 7.76. The van der Waals surface area contributed by atoms with E-state index in [1.165, 1.54) is 23.3 Å². The van der Waals surface area contributed by atoms with Crippen molar-refractivity contribution >= 4 is 11.5 Å². The molecule has 0 amide bonds. The smallest absolute Gasteiger partial charge is 0.156 e. The van der Waals surface area contributed by atoms with Crippen LogP contribution in [0.2, 0.25) is 0 Å². The Morgan fingerprint density at radius 2 is 1.76 bits per heavy atom. The summed E-state index contributed by atoms with van der Waals surface area (Å²) in [6.45, 7) is 3.81. The predicted octanol–water partition coefficient (Wildman–Crippen LogP) is 5.83. The molecule has 1 aromatic rings. The van der Waals surface area contributed by atoms with E-state index >= 15 is 8.78 Å². The van der Waals surface area contributed by atoms with Crippen LogP contribution in [0.1, 0.15) is 76.2 Å². The van der Waals surface area contributed by atoms with E-state index in [4.69, 9.17) is 0 Å². The van der Waals surface area contributed by atoms with Gasteiger partial charge in [0, 0.05) is 36.7 Å². The van der Waals surface area contributed by atoms with Gasteiger partial charge in [0.25, 0.3) is 0 Å². The maximum absolute atomic E-state index is 15.7. The Morgan fingerprint density at radius 1 is 1.03 bits per heavy atom. The molecule has 5 atom stereocenters. The number of anilines is 1. The van der Waals surface area contributed by atoms with Crippen LogP contribution in [0, 0.1) is 28.9 Å². The van der Waals surface area contributed by atoms with Crippen molar-refractivity contribution in [2.75, 3.05) is 18.0 Å². The number of ketones is 1. The Kier molecular flexibility index (Phi) is 5.06. The van der Waals surface area contributed by atoms with Crippen LogP contribution in [0.5, 0.6) is 0 Å². The van der Waals surface area contributed by atoms with Crippen LogP contribution in [-0.2, 0) is 4.79 Å². The van der Waals surface area contributed by atoms with E-state index in [-0.39, 0.29) is 28.6 Å². The van der Waals surface area contributed by atoms with Gasteiger partial charge in [-0.05, 0) is 98.0 Å². The zero-order valence-corrected chi connectivity index (χ0v) is 19.4. The van der Waals surface area contributed by atoms with Gasteiger partial charge in [-0.25, -0.2) is 8.78 Å². The van der Waals surface area contributed by atoms with Gasteiger partial charge < -0.3 is 10.0 Å². The van der Waals surface area contributed by atoms with Crippen molar-refractivity contribution < 1.29 is 18.7 Å². The summed E-state index contributed by atoms with van der Waals surface area (Å²) in [5, 5.41) is 11.0. The third-order valence-electron chi connectivity index (χ3n) is 9.56. The van der Waals surface area contributed by atoms with Gasteiger partial charge in [-0.15, -0.1) is 0 Å². The average molecular weight is 454 g/mol. The lowest BCUT2D eigenvalue weighted by molar-refractivity contribution is -0.114. The molecule has 0 bridgehead atoms. The molecular formula is C28H33F2NO2. The molecule has 1 N–H and O–H groups in total. The first-order valence-electron chi connectivity index (χ1n) is 12.8. The number of hydrogen-bond acceptors (Lipinski definition) is 3. The lowest BCUT2D eigenvalue weighted by Crippen LogP contribution is -2.45. The summed E-state index contributed by atoms with van der Waals surface area (Å²) < 4.78 is 31.5. The molecule has 3 fully saturated rings. The normalized spacial score (nSPS) is 35.9. The topological polar surface area (TPSA) is 40.5 Å². The van der Waals surface area contributed by atoms with Crippen LogP contribution in [0.25, 0.3) is 0 Å². The lowest BCUT2D eigenvalue weighted by atomic mass is 9.53. The first kappa shape index (κ1) is 21.5. The molecule has 5 unspecified atom stereocenters. The summed E-state index contributed by atoms with van der Waals surface area (Å²) in [6, 6.07) is 3.04. The minimum Gasteiger partial charge on any atom is -0.393 e. The fourth-order valence-electron chi connectivity index (χ4n) is 7.95. The van der Waals surface area contributed by atoms with Crippen molar-refractivity contribution in [2.24, 2.45) is 17.3 Å². The molecule has 5 aliphatic rings. The van der Waals surface area contributed by atoms with Crippen LogP contribution in [0.15, 0.2) is 34.9 Å². The van der Waals surface area contributed by atoms with E-state index in [2.05, 4.69) is 11.8 Å². The SMILES string of the molecule is CC12CC(c3c(F)cc(N4CCCC4)cc3F)C3=C4CCC(=O)C=C4CCC3C1CCC2O. The van der Waals surface area contributed by atoms with Crippen molar-refractivity contribution in [1.29, 1.82) is 0 Å².